The smallest absolute Gasteiger partial charge is 0.175 e. The highest BCUT2D eigenvalue weighted by molar-refractivity contribution is 7.98. The zero-order valence-electron chi connectivity index (χ0n) is 55.5. The van der Waals surface area contributed by atoms with Crippen molar-refractivity contribution in [3.63, 3.8) is 0 Å². The molecule has 0 atom stereocenters. The Bertz CT molecular complexity index is 5090. The predicted molar refractivity (Wildman–Crippen MR) is 366 cm³/mol. The highest BCUT2D eigenvalue weighted by Crippen LogP contribution is 2.50. The maximum atomic E-state index is 12.8. The molecule has 6 aromatic heterocycles. The first-order chi connectivity index (χ1) is 42.0. The van der Waals surface area contributed by atoms with Crippen LogP contribution in [0.3, 0.4) is 0 Å². The molecule has 3 aliphatic carbocycles. The Morgan fingerprint density at radius 2 is 0.856 bits per heavy atom. The zero-order chi connectivity index (χ0) is 66.0. The number of hydrogen-bond acceptors (Lipinski definition) is 11. The summed E-state index contributed by atoms with van der Waals surface area (Å²) in [4.78, 5) is 19.5. The molecule has 90 heavy (non-hydrogen) atoms. The van der Waals surface area contributed by atoms with Crippen LogP contribution in [0, 0.1) is 96.3 Å². The Kier molecular flexibility index (Phi) is 16.4. The Morgan fingerprint density at radius 1 is 0.511 bits per heavy atom. The first kappa shape index (κ1) is 64.6. The van der Waals surface area contributed by atoms with E-state index < -0.39 is 30.5 Å². The second-order valence-corrected chi connectivity index (χ2v) is 31.3. The van der Waals surface area contributed by atoms with Gasteiger partial charge in [0.15, 0.2) is 19.7 Å². The summed E-state index contributed by atoms with van der Waals surface area (Å²) in [6.45, 7) is 30.7. The van der Waals surface area contributed by atoms with Crippen molar-refractivity contribution in [2.24, 2.45) is 14.1 Å². The van der Waals surface area contributed by atoms with E-state index in [0.29, 0.717) is 39.3 Å². The number of nitriles is 3. The van der Waals surface area contributed by atoms with Gasteiger partial charge in [0, 0.05) is 124 Å². The van der Waals surface area contributed by atoms with Crippen molar-refractivity contribution in [1.82, 2.24) is 29.1 Å². The molecule has 0 saturated carbocycles. The lowest BCUT2D eigenvalue weighted by Crippen LogP contribution is -2.24. The molecule has 16 heteroatoms. The molecule has 0 radical (unpaired) electrons. The number of H-pyrrole nitrogens is 1. The third-order valence-electron chi connectivity index (χ3n) is 19.6. The second kappa shape index (κ2) is 22.9. The number of sulfone groups is 2. The molecule has 0 amide bonds. The Morgan fingerprint density at radius 3 is 1.22 bits per heavy atom. The summed E-state index contributed by atoms with van der Waals surface area (Å²) in [5.41, 5.74) is 25.1. The fourth-order valence-corrected chi connectivity index (χ4v) is 17.8. The minimum Gasteiger partial charge on any atom is -0.361 e. The molecule has 462 valence electrons. The molecule has 3 aromatic carbocycles. The number of benzene rings is 3. The quantitative estimate of drug-likeness (QED) is 0.135. The molecule has 0 saturated heterocycles. The van der Waals surface area contributed by atoms with Gasteiger partial charge in [0.1, 0.15) is 18.2 Å². The van der Waals surface area contributed by atoms with Gasteiger partial charge in [-0.1, -0.05) is 76.5 Å². The van der Waals surface area contributed by atoms with E-state index in [1.165, 1.54) is 45.0 Å². The Hall–Kier alpha value is -8.33. The highest BCUT2D eigenvalue weighted by Gasteiger charge is 2.40. The number of nitrogens with zero attached hydrogens (tertiary/aromatic N) is 8. The molecular weight excluding hydrogens is 1180 g/mol. The monoisotopic (exact) mass is 1250 g/mol. The molecule has 0 unspecified atom stereocenters. The van der Waals surface area contributed by atoms with Crippen molar-refractivity contribution in [3.8, 4) is 18.2 Å². The van der Waals surface area contributed by atoms with Crippen LogP contribution in [-0.4, -0.2) is 64.7 Å². The lowest BCUT2D eigenvalue weighted by molar-refractivity contribution is 0.581. The van der Waals surface area contributed by atoms with Gasteiger partial charge in [0.05, 0.1) is 71.7 Å². The summed E-state index contributed by atoms with van der Waals surface area (Å²) in [6.07, 6.45) is 19.3. The van der Waals surface area contributed by atoms with Crippen LogP contribution < -0.4 is 0 Å². The molecule has 13 nitrogen and oxygen atoms in total. The number of fused-ring (bicyclic) bond motifs is 6. The molecular formula is C74H79N9O4S3. The lowest BCUT2D eigenvalue weighted by Gasteiger charge is -2.31. The minimum atomic E-state index is -3.44. The van der Waals surface area contributed by atoms with Gasteiger partial charge in [-0.2, -0.15) is 15.8 Å². The number of thioether (sulfide) groups is 1. The Balaban J connectivity index is 0.000000149. The van der Waals surface area contributed by atoms with Gasteiger partial charge in [-0.25, -0.2) is 16.8 Å². The maximum Gasteiger partial charge on any atom is 0.175 e. The fourth-order valence-electron chi connectivity index (χ4n) is 14.6. The molecule has 6 heterocycles. The first-order valence-electron chi connectivity index (χ1n) is 30.1. The van der Waals surface area contributed by atoms with Crippen LogP contribution in [0.5, 0.6) is 0 Å². The average molecular weight is 1250 g/mol. The number of aryl methyl sites for hydroxylation is 8. The van der Waals surface area contributed by atoms with Crippen LogP contribution in [-0.2, 0) is 69.3 Å². The summed E-state index contributed by atoms with van der Waals surface area (Å²) >= 11 is 1.82. The van der Waals surface area contributed by atoms with Crippen LogP contribution in [0.4, 0.5) is 0 Å². The Labute approximate surface area is 535 Å². The first-order valence-corrected chi connectivity index (χ1v) is 35.1. The van der Waals surface area contributed by atoms with Gasteiger partial charge in [0.25, 0.3) is 0 Å². The highest BCUT2D eigenvalue weighted by atomic mass is 32.2. The molecule has 12 rings (SSSR count). The summed E-state index contributed by atoms with van der Waals surface area (Å²) in [5.74, 6) is 0. The molecule has 1 N–H and O–H groups in total. The van der Waals surface area contributed by atoms with E-state index in [2.05, 4.69) is 131 Å². The van der Waals surface area contributed by atoms with E-state index in [1.807, 2.05) is 103 Å². The normalized spacial score (nSPS) is 13.8. The van der Waals surface area contributed by atoms with E-state index in [0.717, 1.165) is 129 Å². The van der Waals surface area contributed by atoms with E-state index >= 15 is 0 Å². The molecule has 0 fully saturated rings. The molecule has 0 spiro atoms. The van der Waals surface area contributed by atoms with Crippen molar-refractivity contribution >= 4 is 82.4 Å². The number of aromatic amines is 1. The zero-order valence-corrected chi connectivity index (χ0v) is 57.9. The van der Waals surface area contributed by atoms with Gasteiger partial charge < -0.3 is 14.1 Å². The summed E-state index contributed by atoms with van der Waals surface area (Å²) in [5, 5.41) is 31.8. The van der Waals surface area contributed by atoms with Gasteiger partial charge >= 0.3 is 0 Å². The number of nitrogens with one attached hydrogen (secondary N) is 1. The third-order valence-corrected chi connectivity index (χ3v) is 22.6. The van der Waals surface area contributed by atoms with E-state index in [4.69, 9.17) is 9.97 Å². The van der Waals surface area contributed by atoms with Crippen LogP contribution in [0.15, 0.2) is 86.4 Å². The fraction of sp³-hybridized carbons (Fsp3) is 0.351. The van der Waals surface area contributed by atoms with Crippen LogP contribution in [0.2, 0.25) is 0 Å². The topological polar surface area (TPSA) is 204 Å². The maximum absolute atomic E-state index is 12.8. The average Bonchev–Trinajstić information content (AvgIpc) is 1.20. The summed E-state index contributed by atoms with van der Waals surface area (Å²) < 4.78 is 55.5. The molecule has 9 aromatic rings. The molecule has 0 bridgehead atoms. The number of allylic oxidation sites excluding steroid dienone is 3. The summed E-state index contributed by atoms with van der Waals surface area (Å²) in [6, 6.07) is 19.0. The van der Waals surface area contributed by atoms with Gasteiger partial charge in [-0.15, -0.1) is 11.8 Å². The van der Waals surface area contributed by atoms with Gasteiger partial charge in [-0.05, 0) is 155 Å². The SMILES string of the molecule is CSc1cc(C)c2c(ccn2C)c1C(C)(C)C1=Cc2c(nc(C)c(C#N)c2C)C1.Cc1nc2c(c(C)c1C#N)C=C(C(C)(C)c1c(S(C)(=O)=O)cc(C)c3[nH]ccc13)C2.Cc1nc2c(c(C)c1C#N)C=C(C(C)(C)c1c(S(C)(=O)=O)cc(C)c3c1ccn3C)C2. The number of hydrogen-bond donors (Lipinski definition) is 1. The predicted octanol–water partition coefficient (Wildman–Crippen LogP) is 15.4. The number of pyridine rings is 3. The molecule has 3 aliphatic rings. The largest absolute Gasteiger partial charge is 0.361 e. The van der Waals surface area contributed by atoms with Crippen LogP contribution >= 0.6 is 11.8 Å². The third kappa shape index (κ3) is 10.6. The summed E-state index contributed by atoms with van der Waals surface area (Å²) in [7, 11) is -2.77. The minimum absolute atomic E-state index is 0.139. The second-order valence-electron chi connectivity index (χ2n) is 26.5. The number of aromatic nitrogens is 6. The number of rotatable bonds is 9. The van der Waals surface area contributed by atoms with Gasteiger partial charge in [-0.3, -0.25) is 15.0 Å². The van der Waals surface area contributed by atoms with Crippen molar-refractivity contribution in [2.45, 2.75) is 154 Å². The van der Waals surface area contributed by atoms with Crippen LogP contribution in [0.25, 0.3) is 50.9 Å². The van der Waals surface area contributed by atoms with Crippen molar-refractivity contribution < 1.29 is 16.8 Å². The van der Waals surface area contributed by atoms with Crippen molar-refractivity contribution in [3.05, 3.63) is 189 Å². The van der Waals surface area contributed by atoms with Crippen molar-refractivity contribution in [2.75, 3.05) is 18.8 Å². The van der Waals surface area contributed by atoms with E-state index in [9.17, 15) is 32.6 Å². The standard InChI is InChI=1S/C25H27N3O2S.C25H27N3S.C24H25N3O2S/c1-14-10-22(31(7,29)30)23(18-8-9-28(6)24(14)18)25(4,5)17-11-19-15(2)20(13-26)16(3)27-21(19)12-17;1-14-10-22(29-7)23(18-8-9-28(6)24(14)18)25(4,5)17-11-19-15(2)20(13-26)16(3)27-21(19)12-17;1-13-9-21(30(6,28)29)22(17-7-8-26-23(13)17)24(4,5)16-10-18-14(2)19(12-25)15(3)27-20(18)11-16/h8-11H,12H2,1-7H3;8-11H,12H2,1-7H3;7-10,26H,11H2,1-6H3. The van der Waals surface area contributed by atoms with Crippen molar-refractivity contribution in [1.29, 1.82) is 15.8 Å². The lowest BCUT2D eigenvalue weighted by atomic mass is 9.75. The molecule has 0 aliphatic heterocycles. The van der Waals surface area contributed by atoms with E-state index in [1.54, 1.807) is 12.1 Å². The van der Waals surface area contributed by atoms with Gasteiger partial charge in [0.2, 0.25) is 0 Å². The van der Waals surface area contributed by atoms with Crippen LogP contribution in [0.1, 0.15) is 159 Å². The van der Waals surface area contributed by atoms with E-state index in [-0.39, 0.29) is 5.41 Å².